The summed E-state index contributed by atoms with van der Waals surface area (Å²) >= 11 is 9.00. The lowest BCUT2D eigenvalue weighted by Gasteiger charge is -2.08. The number of benzene rings is 2. The first-order valence-corrected chi connectivity index (χ1v) is 13.5. The van der Waals surface area contributed by atoms with Crippen molar-refractivity contribution in [2.75, 3.05) is 17.7 Å². The number of aryl methyl sites for hydroxylation is 1. The number of nitrogens with zero attached hydrogens (tertiary/aromatic N) is 4. The predicted octanol–water partition coefficient (Wildman–Crippen LogP) is 6.27. The molecule has 186 valence electrons. The molecule has 10 heteroatoms. The van der Waals surface area contributed by atoms with E-state index in [2.05, 4.69) is 33.1 Å². The molecule has 0 saturated carbocycles. The van der Waals surface area contributed by atoms with Gasteiger partial charge in [0.1, 0.15) is 5.75 Å². The Kier molecular flexibility index (Phi) is 8.79. The summed E-state index contributed by atoms with van der Waals surface area (Å²) in [6.45, 7) is 8.90. The van der Waals surface area contributed by atoms with E-state index in [1.54, 1.807) is 12.3 Å². The highest BCUT2D eigenvalue weighted by Gasteiger charge is 2.16. The number of ether oxygens (including phenoxy) is 1. The lowest BCUT2D eigenvalue weighted by molar-refractivity contribution is -0.113. The van der Waals surface area contributed by atoms with Gasteiger partial charge < -0.3 is 10.1 Å². The molecule has 0 aliphatic rings. The molecule has 1 N–H and O–H groups in total. The highest BCUT2D eigenvalue weighted by molar-refractivity contribution is 7.99. The molecule has 0 unspecified atom stereocenters. The van der Waals surface area contributed by atoms with Crippen LogP contribution in [0.5, 0.6) is 5.75 Å². The molecule has 0 bridgehead atoms. The number of hydrogen-bond donors (Lipinski definition) is 1. The Balaban J connectivity index is 1.37. The second-order valence-corrected chi connectivity index (χ2v) is 10.4. The van der Waals surface area contributed by atoms with Crippen LogP contribution in [0.3, 0.4) is 0 Å². The van der Waals surface area contributed by atoms with Crippen molar-refractivity contribution in [3.8, 4) is 17.1 Å². The standard InChI is InChI=1S/C26H26ClN5O2S2/c1-4-12-32-24(19-8-10-20(11-9-19)34-5-2)30-31-26(32)35-16-23(33)29-25-28-15-21(36-25)13-18-7-6-17(3)22(27)14-18/h4,6-11,14-15H,1,5,12-13,16H2,2-3H3,(H,28,29,33). The number of hydrogen-bond acceptors (Lipinski definition) is 7. The number of anilines is 1. The number of amides is 1. The highest BCUT2D eigenvalue weighted by Crippen LogP contribution is 2.27. The van der Waals surface area contributed by atoms with Crippen LogP contribution in [0.2, 0.25) is 5.02 Å². The van der Waals surface area contributed by atoms with Crippen LogP contribution in [0, 0.1) is 6.92 Å². The molecule has 7 nitrogen and oxygen atoms in total. The van der Waals surface area contributed by atoms with Gasteiger partial charge in [0, 0.05) is 34.6 Å². The number of halogens is 1. The molecule has 1 amide bonds. The first-order chi connectivity index (χ1) is 17.5. The molecule has 2 heterocycles. The van der Waals surface area contributed by atoms with Crippen molar-refractivity contribution in [3.05, 3.63) is 82.3 Å². The van der Waals surface area contributed by atoms with Crippen molar-refractivity contribution in [1.82, 2.24) is 19.7 Å². The van der Waals surface area contributed by atoms with E-state index in [0.29, 0.717) is 35.7 Å². The number of nitrogens with one attached hydrogen (secondary N) is 1. The summed E-state index contributed by atoms with van der Waals surface area (Å²) in [5.41, 5.74) is 3.06. The minimum absolute atomic E-state index is 0.157. The largest absolute Gasteiger partial charge is 0.494 e. The average Bonchev–Trinajstić information content (AvgIpc) is 3.48. The fourth-order valence-corrected chi connectivity index (χ4v) is 5.26. The minimum Gasteiger partial charge on any atom is -0.494 e. The maximum Gasteiger partial charge on any atom is 0.236 e. The molecule has 4 rings (SSSR count). The lowest BCUT2D eigenvalue weighted by atomic mass is 10.1. The van der Waals surface area contributed by atoms with E-state index in [9.17, 15) is 4.79 Å². The molecule has 0 fully saturated rings. The van der Waals surface area contributed by atoms with Gasteiger partial charge in [-0.05, 0) is 55.3 Å². The Labute approximate surface area is 223 Å². The monoisotopic (exact) mass is 539 g/mol. The van der Waals surface area contributed by atoms with Crippen LogP contribution in [0.15, 0.2) is 66.5 Å². The Morgan fingerprint density at radius 1 is 1.25 bits per heavy atom. The minimum atomic E-state index is -0.157. The van der Waals surface area contributed by atoms with Gasteiger partial charge >= 0.3 is 0 Å². The van der Waals surface area contributed by atoms with Gasteiger partial charge in [0.2, 0.25) is 5.91 Å². The van der Waals surface area contributed by atoms with E-state index in [-0.39, 0.29) is 11.7 Å². The molecular weight excluding hydrogens is 514 g/mol. The van der Waals surface area contributed by atoms with Gasteiger partial charge in [-0.1, -0.05) is 41.6 Å². The van der Waals surface area contributed by atoms with Gasteiger partial charge in [0.25, 0.3) is 0 Å². The van der Waals surface area contributed by atoms with Gasteiger partial charge in [-0.2, -0.15) is 0 Å². The van der Waals surface area contributed by atoms with Crippen LogP contribution >= 0.6 is 34.7 Å². The molecule has 0 spiro atoms. The van der Waals surface area contributed by atoms with E-state index >= 15 is 0 Å². The van der Waals surface area contributed by atoms with E-state index in [0.717, 1.165) is 32.3 Å². The second-order valence-electron chi connectivity index (χ2n) is 7.89. The van der Waals surface area contributed by atoms with E-state index in [4.69, 9.17) is 16.3 Å². The zero-order valence-electron chi connectivity index (χ0n) is 20.0. The number of carbonyl (C=O) groups excluding carboxylic acids is 1. The lowest BCUT2D eigenvalue weighted by Crippen LogP contribution is -2.14. The Hall–Kier alpha value is -3.14. The fourth-order valence-electron chi connectivity index (χ4n) is 3.45. The quantitative estimate of drug-likeness (QED) is 0.179. The number of thioether (sulfide) groups is 1. The molecule has 0 aliphatic carbocycles. The van der Waals surface area contributed by atoms with Gasteiger partial charge in [-0.25, -0.2) is 4.98 Å². The predicted molar refractivity (Wildman–Crippen MR) is 147 cm³/mol. The first-order valence-electron chi connectivity index (χ1n) is 11.4. The third-order valence-electron chi connectivity index (χ3n) is 5.20. The second kappa shape index (κ2) is 12.2. The topological polar surface area (TPSA) is 81.9 Å². The van der Waals surface area contributed by atoms with Crippen LogP contribution in [0.25, 0.3) is 11.4 Å². The van der Waals surface area contributed by atoms with Crippen LogP contribution in [-0.4, -0.2) is 38.0 Å². The van der Waals surface area contributed by atoms with E-state index < -0.39 is 0 Å². The van der Waals surface area contributed by atoms with Crippen LogP contribution < -0.4 is 10.1 Å². The Morgan fingerprint density at radius 3 is 2.78 bits per heavy atom. The Morgan fingerprint density at radius 2 is 2.06 bits per heavy atom. The van der Waals surface area contributed by atoms with Gasteiger partial charge in [-0.15, -0.1) is 28.1 Å². The maximum absolute atomic E-state index is 12.6. The zero-order valence-corrected chi connectivity index (χ0v) is 22.4. The summed E-state index contributed by atoms with van der Waals surface area (Å²) < 4.78 is 7.46. The number of carbonyl (C=O) groups is 1. The number of thiazole rings is 1. The van der Waals surface area contributed by atoms with Crippen molar-refractivity contribution in [2.24, 2.45) is 0 Å². The molecule has 0 saturated heterocycles. The fraction of sp³-hybridized carbons (Fsp3) is 0.231. The zero-order chi connectivity index (χ0) is 25.5. The SMILES string of the molecule is C=CCn1c(SCC(=O)Nc2ncc(Cc3ccc(C)c(Cl)c3)s2)nnc1-c1ccc(OCC)cc1. The number of aromatic nitrogens is 4. The van der Waals surface area contributed by atoms with Crippen molar-refractivity contribution >= 4 is 45.7 Å². The summed E-state index contributed by atoms with van der Waals surface area (Å²) in [5, 5.41) is 13.5. The Bertz CT molecular complexity index is 1350. The molecule has 0 atom stereocenters. The smallest absolute Gasteiger partial charge is 0.236 e. The summed E-state index contributed by atoms with van der Waals surface area (Å²) in [7, 11) is 0. The van der Waals surface area contributed by atoms with Crippen molar-refractivity contribution in [1.29, 1.82) is 0 Å². The molecule has 4 aromatic rings. The molecule has 0 radical (unpaired) electrons. The molecular formula is C26H26ClN5O2S2. The molecule has 0 aliphatic heterocycles. The van der Waals surface area contributed by atoms with Gasteiger partial charge in [-0.3, -0.25) is 9.36 Å². The van der Waals surface area contributed by atoms with Crippen LogP contribution in [0.4, 0.5) is 5.13 Å². The van der Waals surface area contributed by atoms with E-state index in [1.165, 1.54) is 23.1 Å². The average molecular weight is 540 g/mol. The van der Waals surface area contributed by atoms with Gasteiger partial charge in [0.05, 0.1) is 12.4 Å². The van der Waals surface area contributed by atoms with E-state index in [1.807, 2.05) is 54.8 Å². The van der Waals surface area contributed by atoms with Crippen molar-refractivity contribution < 1.29 is 9.53 Å². The van der Waals surface area contributed by atoms with Crippen molar-refractivity contribution in [3.63, 3.8) is 0 Å². The molecule has 2 aromatic carbocycles. The number of rotatable bonds is 11. The van der Waals surface area contributed by atoms with Gasteiger partial charge in [0.15, 0.2) is 16.1 Å². The first kappa shape index (κ1) is 25.9. The summed E-state index contributed by atoms with van der Waals surface area (Å²) in [4.78, 5) is 18.0. The highest BCUT2D eigenvalue weighted by atomic mass is 35.5. The normalized spacial score (nSPS) is 10.9. The summed E-state index contributed by atoms with van der Waals surface area (Å²) in [6.07, 6.45) is 4.27. The maximum atomic E-state index is 12.6. The van der Waals surface area contributed by atoms with Crippen LogP contribution in [-0.2, 0) is 17.8 Å². The number of allylic oxidation sites excluding steroid dienone is 1. The summed E-state index contributed by atoms with van der Waals surface area (Å²) in [6, 6.07) is 13.7. The summed E-state index contributed by atoms with van der Waals surface area (Å²) in [5.74, 6) is 1.54. The third-order valence-corrected chi connectivity index (χ3v) is 7.49. The third kappa shape index (κ3) is 6.54. The van der Waals surface area contributed by atoms with Crippen molar-refractivity contribution in [2.45, 2.75) is 32.0 Å². The molecule has 2 aromatic heterocycles. The molecule has 36 heavy (non-hydrogen) atoms. The van der Waals surface area contributed by atoms with Crippen LogP contribution in [0.1, 0.15) is 22.9 Å².